The van der Waals surface area contributed by atoms with Crippen LogP contribution in [0.5, 0.6) is 0 Å². The monoisotopic (exact) mass is 683 g/mol. The van der Waals surface area contributed by atoms with Crippen molar-refractivity contribution in [1.29, 1.82) is 0 Å². The molecular formula is C37H66NO8P. The summed E-state index contributed by atoms with van der Waals surface area (Å²) in [5.74, 6) is -0.864. The van der Waals surface area contributed by atoms with Crippen LogP contribution in [0.1, 0.15) is 142 Å². The van der Waals surface area contributed by atoms with Gasteiger partial charge in [0.1, 0.15) is 6.61 Å². The van der Waals surface area contributed by atoms with E-state index in [2.05, 4.69) is 62.5 Å². The number of carbonyl (C=O) groups excluding carboxylic acids is 2. The van der Waals surface area contributed by atoms with Gasteiger partial charge < -0.3 is 20.1 Å². The Balaban J connectivity index is 4.29. The molecule has 0 aromatic rings. The Morgan fingerprint density at radius 2 is 1.17 bits per heavy atom. The number of allylic oxidation sites excluding steroid dienone is 8. The lowest BCUT2D eigenvalue weighted by atomic mass is 10.1. The van der Waals surface area contributed by atoms with E-state index in [1.165, 1.54) is 38.5 Å². The zero-order chi connectivity index (χ0) is 34.7. The van der Waals surface area contributed by atoms with Crippen LogP contribution in [0.15, 0.2) is 48.6 Å². The average Bonchev–Trinajstić information content (AvgIpc) is 3.05. The highest BCUT2D eigenvalue weighted by Gasteiger charge is 2.25. The first kappa shape index (κ1) is 45.0. The number of hydrogen-bond acceptors (Lipinski definition) is 8. The molecule has 0 aromatic heterocycles. The van der Waals surface area contributed by atoms with Crippen molar-refractivity contribution in [1.82, 2.24) is 0 Å². The Bertz CT molecular complexity index is 918. The first-order valence-corrected chi connectivity index (χ1v) is 19.6. The second-order valence-corrected chi connectivity index (χ2v) is 13.2. The standard InChI is InChI=1S/C37H66NO8P/c1-3-5-7-9-11-13-14-15-16-17-18-19-20-22-24-26-28-30-37(40)46-35(34-45-47(41,42)44-32-31-38)33-43-36(39)29-27-25-23-21-12-10-8-6-4-2/h5,7,11,13,15-16,18-19,35H,3-4,6,8-10,12,14,17,20-34,38H2,1-2H3,(H,41,42)/b7-5-,13-11-,16-15-,19-18-. The van der Waals surface area contributed by atoms with Crippen LogP contribution in [0.4, 0.5) is 0 Å². The maximum Gasteiger partial charge on any atom is 0.472 e. The first-order chi connectivity index (χ1) is 22.8. The number of rotatable bonds is 33. The molecule has 0 spiro atoms. The van der Waals surface area contributed by atoms with Crippen LogP contribution >= 0.6 is 7.82 Å². The molecule has 10 heteroatoms. The van der Waals surface area contributed by atoms with Crippen LogP contribution in [0, 0.1) is 0 Å². The smallest absolute Gasteiger partial charge is 0.462 e. The van der Waals surface area contributed by atoms with Gasteiger partial charge in [-0.3, -0.25) is 18.6 Å². The zero-order valence-corrected chi connectivity index (χ0v) is 30.4. The van der Waals surface area contributed by atoms with Crippen LogP contribution < -0.4 is 5.73 Å². The fourth-order valence-electron chi connectivity index (χ4n) is 4.56. The molecule has 0 saturated carbocycles. The summed E-state index contributed by atoms with van der Waals surface area (Å²) >= 11 is 0. The number of esters is 2. The fraction of sp³-hybridized carbons (Fsp3) is 0.730. The predicted octanol–water partition coefficient (Wildman–Crippen LogP) is 9.60. The van der Waals surface area contributed by atoms with Crippen LogP contribution in [0.3, 0.4) is 0 Å². The molecule has 2 atom stereocenters. The van der Waals surface area contributed by atoms with E-state index in [-0.39, 0.29) is 32.6 Å². The Labute approximate surface area is 286 Å². The molecule has 0 aromatic carbocycles. The number of phosphoric ester groups is 1. The Morgan fingerprint density at radius 1 is 0.660 bits per heavy atom. The minimum atomic E-state index is -4.37. The summed E-state index contributed by atoms with van der Waals surface area (Å²) in [7, 11) is -4.37. The second kappa shape index (κ2) is 33.9. The van der Waals surface area contributed by atoms with Crippen LogP contribution in [-0.2, 0) is 32.7 Å². The summed E-state index contributed by atoms with van der Waals surface area (Å²) in [6.07, 6.45) is 35.8. The van der Waals surface area contributed by atoms with Gasteiger partial charge in [-0.25, -0.2) is 4.57 Å². The lowest BCUT2D eigenvalue weighted by Gasteiger charge is -2.19. The first-order valence-electron chi connectivity index (χ1n) is 18.1. The molecular weight excluding hydrogens is 617 g/mol. The highest BCUT2D eigenvalue weighted by molar-refractivity contribution is 7.47. The van der Waals surface area contributed by atoms with Crippen molar-refractivity contribution < 1.29 is 37.6 Å². The second-order valence-electron chi connectivity index (χ2n) is 11.7. The van der Waals surface area contributed by atoms with Gasteiger partial charge in [-0.15, -0.1) is 0 Å². The normalized spacial score (nSPS) is 14.0. The minimum Gasteiger partial charge on any atom is -0.462 e. The molecule has 47 heavy (non-hydrogen) atoms. The maximum absolute atomic E-state index is 12.5. The average molecular weight is 684 g/mol. The number of phosphoric acid groups is 1. The van der Waals surface area contributed by atoms with Crippen LogP contribution in [0.2, 0.25) is 0 Å². The third kappa shape index (κ3) is 33.7. The van der Waals surface area contributed by atoms with E-state index in [4.69, 9.17) is 24.3 Å². The molecule has 0 fully saturated rings. The molecule has 3 N–H and O–H groups in total. The van der Waals surface area contributed by atoms with Gasteiger partial charge in [0, 0.05) is 19.4 Å². The van der Waals surface area contributed by atoms with E-state index in [0.29, 0.717) is 6.42 Å². The summed E-state index contributed by atoms with van der Waals surface area (Å²) in [5.41, 5.74) is 5.32. The van der Waals surface area contributed by atoms with Crippen LogP contribution in [0.25, 0.3) is 0 Å². The lowest BCUT2D eigenvalue weighted by Crippen LogP contribution is -2.29. The SMILES string of the molecule is CC/C=C\C/C=C\C/C=C\C/C=C\CCCCCCC(=O)OC(COC(=O)CCCCCCCCCCC)COP(=O)(O)OCCN. The fourth-order valence-corrected chi connectivity index (χ4v) is 5.33. The molecule has 0 heterocycles. The van der Waals surface area contributed by atoms with E-state index in [9.17, 15) is 19.0 Å². The van der Waals surface area contributed by atoms with Gasteiger partial charge in [0.2, 0.25) is 0 Å². The van der Waals surface area contributed by atoms with Crippen molar-refractivity contribution in [3.05, 3.63) is 48.6 Å². The summed E-state index contributed by atoms with van der Waals surface area (Å²) in [5, 5.41) is 0. The van der Waals surface area contributed by atoms with E-state index in [1.54, 1.807) is 0 Å². The van der Waals surface area contributed by atoms with Gasteiger partial charge in [-0.1, -0.05) is 127 Å². The number of hydrogen-bond donors (Lipinski definition) is 2. The molecule has 0 aliphatic rings. The largest absolute Gasteiger partial charge is 0.472 e. The van der Waals surface area contributed by atoms with Crippen molar-refractivity contribution in [3.63, 3.8) is 0 Å². The summed E-state index contributed by atoms with van der Waals surface area (Å²) < 4.78 is 32.5. The Hall–Kier alpha value is -2.03. The molecule has 0 amide bonds. The van der Waals surface area contributed by atoms with Crippen molar-refractivity contribution in [3.8, 4) is 0 Å². The van der Waals surface area contributed by atoms with Gasteiger partial charge in [0.25, 0.3) is 0 Å². The molecule has 0 saturated heterocycles. The van der Waals surface area contributed by atoms with Crippen LogP contribution in [-0.4, -0.2) is 49.3 Å². The van der Waals surface area contributed by atoms with Gasteiger partial charge in [-0.2, -0.15) is 0 Å². The van der Waals surface area contributed by atoms with Gasteiger partial charge in [-0.05, 0) is 51.4 Å². The van der Waals surface area contributed by atoms with Gasteiger partial charge in [0.05, 0.1) is 13.2 Å². The molecule has 272 valence electrons. The molecule has 0 aliphatic heterocycles. The van der Waals surface area contributed by atoms with Crippen molar-refractivity contribution in [2.45, 2.75) is 148 Å². The topological polar surface area (TPSA) is 134 Å². The molecule has 2 unspecified atom stereocenters. The lowest BCUT2D eigenvalue weighted by molar-refractivity contribution is -0.161. The zero-order valence-electron chi connectivity index (χ0n) is 29.5. The van der Waals surface area contributed by atoms with Gasteiger partial charge in [0.15, 0.2) is 6.10 Å². The highest BCUT2D eigenvalue weighted by Crippen LogP contribution is 2.43. The third-order valence-corrected chi connectivity index (χ3v) is 8.21. The predicted molar refractivity (Wildman–Crippen MR) is 192 cm³/mol. The Kier molecular flexibility index (Phi) is 32.4. The van der Waals surface area contributed by atoms with Crippen molar-refractivity contribution in [2.75, 3.05) is 26.4 Å². The number of ether oxygens (including phenoxy) is 2. The summed E-state index contributed by atoms with van der Waals surface area (Å²) in [6.45, 7) is 3.54. The molecule has 0 radical (unpaired) electrons. The van der Waals surface area contributed by atoms with E-state index >= 15 is 0 Å². The third-order valence-electron chi connectivity index (χ3n) is 7.23. The highest BCUT2D eigenvalue weighted by atomic mass is 31.2. The number of carbonyl (C=O) groups is 2. The minimum absolute atomic E-state index is 0.0479. The number of unbranched alkanes of at least 4 members (excludes halogenated alkanes) is 12. The van der Waals surface area contributed by atoms with Gasteiger partial charge >= 0.3 is 19.8 Å². The molecule has 0 rings (SSSR count). The maximum atomic E-state index is 12.5. The summed E-state index contributed by atoms with van der Waals surface area (Å²) in [4.78, 5) is 34.6. The van der Waals surface area contributed by atoms with Crippen molar-refractivity contribution >= 4 is 19.8 Å². The van der Waals surface area contributed by atoms with Crippen molar-refractivity contribution in [2.24, 2.45) is 5.73 Å². The Morgan fingerprint density at radius 3 is 1.74 bits per heavy atom. The van der Waals surface area contributed by atoms with E-state index in [1.807, 2.05) is 0 Å². The molecule has 0 aliphatic carbocycles. The molecule has 9 nitrogen and oxygen atoms in total. The molecule has 0 bridgehead atoms. The number of nitrogens with two attached hydrogens (primary N) is 1. The quantitative estimate of drug-likeness (QED) is 0.0300. The summed E-state index contributed by atoms with van der Waals surface area (Å²) in [6, 6.07) is 0. The van der Waals surface area contributed by atoms with E-state index in [0.717, 1.165) is 70.6 Å². The van der Waals surface area contributed by atoms with E-state index < -0.39 is 32.5 Å².